The molecule has 2 fully saturated rings. The van der Waals surface area contributed by atoms with Gasteiger partial charge in [0.2, 0.25) is 0 Å². The van der Waals surface area contributed by atoms with Crippen molar-refractivity contribution in [1.82, 2.24) is 5.32 Å². The number of carbonyl (C=O) groups is 1. The zero-order chi connectivity index (χ0) is 10.2. The molecule has 14 heavy (non-hydrogen) atoms. The third kappa shape index (κ3) is 1.63. The van der Waals surface area contributed by atoms with E-state index in [1.165, 1.54) is 0 Å². The molecular weight excluding hydrogens is 185 g/mol. The van der Waals surface area contributed by atoms with Crippen LogP contribution in [0.3, 0.4) is 0 Å². The van der Waals surface area contributed by atoms with Crippen LogP contribution < -0.4 is 5.32 Å². The highest BCUT2D eigenvalue weighted by Gasteiger charge is 2.49. The normalized spacial score (nSPS) is 28.4. The molecule has 1 saturated heterocycles. The molecule has 1 aliphatic heterocycles. The van der Waals surface area contributed by atoms with Crippen molar-refractivity contribution >= 4 is 5.97 Å². The third-order valence-corrected chi connectivity index (χ3v) is 3.70. The molecule has 0 aromatic heterocycles. The number of aliphatic carboxylic acids is 1. The maximum atomic E-state index is 13.1. The Morgan fingerprint density at radius 1 is 1.43 bits per heavy atom. The molecule has 0 aromatic carbocycles. The monoisotopic (exact) mass is 201 g/mol. The van der Waals surface area contributed by atoms with E-state index in [1.54, 1.807) is 0 Å². The second-order valence-electron chi connectivity index (χ2n) is 4.66. The van der Waals surface area contributed by atoms with Gasteiger partial charge in [0.05, 0.1) is 0 Å². The molecule has 2 N–H and O–H groups in total. The van der Waals surface area contributed by atoms with E-state index in [2.05, 4.69) is 5.32 Å². The minimum absolute atomic E-state index is 0.231. The minimum Gasteiger partial charge on any atom is -0.479 e. The zero-order valence-electron chi connectivity index (χ0n) is 8.13. The lowest BCUT2D eigenvalue weighted by Crippen LogP contribution is -2.49. The summed E-state index contributed by atoms with van der Waals surface area (Å²) >= 11 is 0. The lowest BCUT2D eigenvalue weighted by molar-refractivity contribution is -0.149. The maximum absolute atomic E-state index is 13.1. The van der Waals surface area contributed by atoms with Crippen molar-refractivity contribution < 1.29 is 14.3 Å². The summed E-state index contributed by atoms with van der Waals surface area (Å²) in [5.41, 5.74) is 0.274. The summed E-state index contributed by atoms with van der Waals surface area (Å²) in [6.07, 6.45) is 2.05. The largest absolute Gasteiger partial charge is 0.479 e. The number of halogens is 1. The number of nitrogens with one attached hydrogen (secondary N) is 1. The van der Waals surface area contributed by atoms with Gasteiger partial charge in [0.25, 0.3) is 0 Å². The molecule has 2 rings (SSSR count). The zero-order valence-corrected chi connectivity index (χ0v) is 8.13. The minimum atomic E-state index is -1.64. The SMILES string of the molecule is O=C(O)C(F)C1CC2(CCNCC2)C1. The highest BCUT2D eigenvalue weighted by Crippen LogP contribution is 2.53. The van der Waals surface area contributed by atoms with E-state index in [9.17, 15) is 9.18 Å². The van der Waals surface area contributed by atoms with Crippen LogP contribution in [0.2, 0.25) is 0 Å². The number of carboxylic acid groups (broad SMARTS) is 1. The van der Waals surface area contributed by atoms with Gasteiger partial charge in [-0.1, -0.05) is 0 Å². The average Bonchev–Trinajstić information content (AvgIpc) is 2.14. The first kappa shape index (κ1) is 9.90. The van der Waals surface area contributed by atoms with E-state index in [-0.39, 0.29) is 11.3 Å². The van der Waals surface area contributed by atoms with Gasteiger partial charge in [-0.05, 0) is 44.2 Å². The summed E-state index contributed by atoms with van der Waals surface area (Å²) in [5, 5.41) is 11.8. The Morgan fingerprint density at radius 3 is 2.50 bits per heavy atom. The molecule has 2 aliphatic rings. The Kier molecular flexibility index (Phi) is 2.47. The van der Waals surface area contributed by atoms with Crippen molar-refractivity contribution in [2.24, 2.45) is 11.3 Å². The summed E-state index contributed by atoms with van der Waals surface area (Å²) in [6.45, 7) is 1.99. The van der Waals surface area contributed by atoms with Gasteiger partial charge in [-0.2, -0.15) is 0 Å². The lowest BCUT2D eigenvalue weighted by atomic mass is 9.56. The molecule has 80 valence electrons. The number of piperidine rings is 1. The van der Waals surface area contributed by atoms with E-state index >= 15 is 0 Å². The summed E-state index contributed by atoms with van der Waals surface area (Å²) < 4.78 is 13.1. The second kappa shape index (κ2) is 3.50. The van der Waals surface area contributed by atoms with Gasteiger partial charge < -0.3 is 10.4 Å². The molecule has 0 radical (unpaired) electrons. The average molecular weight is 201 g/mol. The fourth-order valence-corrected chi connectivity index (χ4v) is 2.83. The Labute approximate surface area is 82.7 Å². The van der Waals surface area contributed by atoms with Gasteiger partial charge in [-0.15, -0.1) is 0 Å². The number of hydrogen-bond donors (Lipinski definition) is 2. The molecule has 1 unspecified atom stereocenters. The second-order valence-corrected chi connectivity index (χ2v) is 4.66. The molecule has 0 aromatic rings. The van der Waals surface area contributed by atoms with E-state index < -0.39 is 12.1 Å². The molecule has 3 nitrogen and oxygen atoms in total. The van der Waals surface area contributed by atoms with Crippen LogP contribution >= 0.6 is 0 Å². The highest BCUT2D eigenvalue weighted by atomic mass is 19.1. The Bertz CT molecular complexity index is 230. The van der Waals surface area contributed by atoms with Gasteiger partial charge in [0, 0.05) is 5.92 Å². The van der Waals surface area contributed by atoms with Crippen molar-refractivity contribution in [2.45, 2.75) is 31.9 Å². The summed E-state index contributed by atoms with van der Waals surface area (Å²) in [5.74, 6) is -1.52. The van der Waals surface area contributed by atoms with Crippen molar-refractivity contribution in [3.05, 3.63) is 0 Å². The molecule has 0 amide bonds. The van der Waals surface area contributed by atoms with Crippen LogP contribution in [0.25, 0.3) is 0 Å². The van der Waals surface area contributed by atoms with E-state index in [1.807, 2.05) is 0 Å². The van der Waals surface area contributed by atoms with E-state index in [0.717, 1.165) is 38.8 Å². The fraction of sp³-hybridized carbons (Fsp3) is 0.900. The molecule has 1 atom stereocenters. The van der Waals surface area contributed by atoms with Crippen molar-refractivity contribution in [2.75, 3.05) is 13.1 Å². The molecule has 1 aliphatic carbocycles. The fourth-order valence-electron chi connectivity index (χ4n) is 2.83. The van der Waals surface area contributed by atoms with Gasteiger partial charge >= 0.3 is 5.97 Å². The summed E-state index contributed by atoms with van der Waals surface area (Å²) in [7, 11) is 0. The van der Waals surface area contributed by atoms with Crippen molar-refractivity contribution in [3.63, 3.8) is 0 Å². The number of alkyl halides is 1. The molecule has 1 saturated carbocycles. The van der Waals surface area contributed by atoms with Gasteiger partial charge in [0.1, 0.15) is 0 Å². The van der Waals surface area contributed by atoms with Crippen LogP contribution in [-0.4, -0.2) is 30.3 Å². The van der Waals surface area contributed by atoms with Gasteiger partial charge in [-0.3, -0.25) is 0 Å². The van der Waals surface area contributed by atoms with E-state index in [4.69, 9.17) is 5.11 Å². The number of rotatable bonds is 2. The quantitative estimate of drug-likeness (QED) is 0.705. The summed E-state index contributed by atoms with van der Waals surface area (Å²) in [6, 6.07) is 0. The van der Waals surface area contributed by atoms with Crippen LogP contribution in [0.1, 0.15) is 25.7 Å². The van der Waals surface area contributed by atoms with Crippen LogP contribution in [0.5, 0.6) is 0 Å². The Hall–Kier alpha value is -0.640. The molecular formula is C10H16FNO2. The Morgan fingerprint density at radius 2 is 2.00 bits per heavy atom. The molecule has 1 spiro atoms. The third-order valence-electron chi connectivity index (χ3n) is 3.70. The van der Waals surface area contributed by atoms with Crippen LogP contribution in [0.15, 0.2) is 0 Å². The first-order chi connectivity index (χ1) is 6.63. The predicted molar refractivity (Wildman–Crippen MR) is 49.8 cm³/mol. The highest BCUT2D eigenvalue weighted by molar-refractivity contribution is 5.72. The van der Waals surface area contributed by atoms with Crippen molar-refractivity contribution in [1.29, 1.82) is 0 Å². The van der Waals surface area contributed by atoms with Crippen LogP contribution in [-0.2, 0) is 4.79 Å². The van der Waals surface area contributed by atoms with Gasteiger partial charge in [0.15, 0.2) is 6.17 Å². The van der Waals surface area contributed by atoms with E-state index in [0.29, 0.717) is 0 Å². The first-order valence-corrected chi connectivity index (χ1v) is 5.21. The number of carboxylic acids is 1. The van der Waals surface area contributed by atoms with Crippen LogP contribution in [0, 0.1) is 11.3 Å². The summed E-state index contributed by atoms with van der Waals surface area (Å²) in [4.78, 5) is 10.4. The van der Waals surface area contributed by atoms with Gasteiger partial charge in [-0.25, -0.2) is 9.18 Å². The van der Waals surface area contributed by atoms with Crippen molar-refractivity contribution in [3.8, 4) is 0 Å². The molecule has 0 bridgehead atoms. The first-order valence-electron chi connectivity index (χ1n) is 5.21. The topological polar surface area (TPSA) is 49.3 Å². The smallest absolute Gasteiger partial charge is 0.338 e. The predicted octanol–water partition coefficient (Wildman–Crippen LogP) is 1.19. The standard InChI is InChI=1S/C10H16FNO2/c11-8(9(13)14)7-5-10(6-7)1-3-12-4-2-10/h7-8,12H,1-6H2,(H,13,14). The van der Waals surface area contributed by atoms with Crippen LogP contribution in [0.4, 0.5) is 4.39 Å². The molecule has 1 heterocycles. The maximum Gasteiger partial charge on any atom is 0.338 e. The Balaban J connectivity index is 1.85. The number of hydrogen-bond acceptors (Lipinski definition) is 2. The lowest BCUT2D eigenvalue weighted by Gasteiger charge is -2.50. The molecule has 4 heteroatoms.